The summed E-state index contributed by atoms with van der Waals surface area (Å²) >= 11 is 0. The molecule has 1 aliphatic carbocycles. The van der Waals surface area contributed by atoms with Crippen molar-refractivity contribution in [3.05, 3.63) is 54.6 Å². The first-order chi connectivity index (χ1) is 21.1. The summed E-state index contributed by atoms with van der Waals surface area (Å²) in [6.45, 7) is 5.96. The smallest absolute Gasteiger partial charge is 0.328 e. The van der Waals surface area contributed by atoms with Gasteiger partial charge in [-0.2, -0.15) is 0 Å². The maximum absolute atomic E-state index is 14.1. The molecule has 2 aliphatic rings. The summed E-state index contributed by atoms with van der Waals surface area (Å²) in [7, 11) is 2.92. The molecule has 5 rings (SSSR count). The second-order valence-corrected chi connectivity index (χ2v) is 12.8. The molecule has 2 fully saturated rings. The van der Waals surface area contributed by atoms with Crippen LogP contribution in [0.3, 0.4) is 0 Å². The largest absolute Gasteiger partial charge is 0.497 e. The molecule has 3 aromatic rings. The van der Waals surface area contributed by atoms with E-state index in [9.17, 15) is 14.4 Å². The van der Waals surface area contributed by atoms with E-state index in [1.54, 1.807) is 7.11 Å². The van der Waals surface area contributed by atoms with Gasteiger partial charge in [-0.3, -0.25) is 9.59 Å². The molecule has 44 heavy (non-hydrogen) atoms. The number of carbonyl (C=O) groups is 3. The SMILES string of the molecule is COC(=O)[C@@H]1C[C@@H](Oc2cc(-c3ccccc3)nc3cc(OC)ccc23)CN1C(=O)[C@@H](CC(=O)OC1CCCC1)C(C)(C)C. The number of ether oxygens (including phenoxy) is 4. The van der Waals surface area contributed by atoms with Crippen LogP contribution in [-0.2, 0) is 23.9 Å². The van der Waals surface area contributed by atoms with Crippen molar-refractivity contribution in [2.45, 2.75) is 77.5 Å². The van der Waals surface area contributed by atoms with Crippen molar-refractivity contribution in [1.82, 2.24) is 9.88 Å². The maximum atomic E-state index is 14.1. The third-order valence-electron chi connectivity index (χ3n) is 8.68. The number of aromatic nitrogens is 1. The molecule has 1 amide bonds. The summed E-state index contributed by atoms with van der Waals surface area (Å²) in [4.78, 5) is 46.5. The highest BCUT2D eigenvalue weighted by Crippen LogP contribution is 2.37. The lowest BCUT2D eigenvalue weighted by Gasteiger charge is -2.34. The second-order valence-electron chi connectivity index (χ2n) is 12.8. The monoisotopic (exact) mass is 602 g/mol. The predicted molar refractivity (Wildman–Crippen MR) is 166 cm³/mol. The van der Waals surface area contributed by atoms with Crippen LogP contribution >= 0.6 is 0 Å². The highest BCUT2D eigenvalue weighted by Gasteiger charge is 2.46. The van der Waals surface area contributed by atoms with Crippen molar-refractivity contribution < 1.29 is 33.3 Å². The summed E-state index contributed by atoms with van der Waals surface area (Å²) in [5, 5.41) is 0.784. The molecule has 9 nitrogen and oxygen atoms in total. The molecule has 0 N–H and O–H groups in total. The van der Waals surface area contributed by atoms with Gasteiger partial charge >= 0.3 is 11.9 Å². The average Bonchev–Trinajstić information content (AvgIpc) is 3.69. The van der Waals surface area contributed by atoms with Crippen molar-refractivity contribution in [1.29, 1.82) is 0 Å². The number of methoxy groups -OCH3 is 2. The minimum Gasteiger partial charge on any atom is -0.497 e. The fourth-order valence-corrected chi connectivity index (χ4v) is 6.19. The Balaban J connectivity index is 1.42. The Bertz CT molecular complexity index is 1490. The van der Waals surface area contributed by atoms with Crippen LogP contribution in [0.4, 0.5) is 0 Å². The quantitative estimate of drug-likeness (QED) is 0.276. The molecule has 2 aromatic carbocycles. The fraction of sp³-hybridized carbons (Fsp3) is 0.486. The van der Waals surface area contributed by atoms with Gasteiger partial charge in [0.2, 0.25) is 5.91 Å². The van der Waals surface area contributed by atoms with Gasteiger partial charge in [0.1, 0.15) is 29.7 Å². The third-order valence-corrected chi connectivity index (χ3v) is 8.68. The van der Waals surface area contributed by atoms with Crippen molar-refractivity contribution in [3.8, 4) is 22.8 Å². The molecule has 0 bridgehead atoms. The first-order valence-corrected chi connectivity index (χ1v) is 15.4. The van der Waals surface area contributed by atoms with Crippen LogP contribution in [0.2, 0.25) is 0 Å². The lowest BCUT2D eigenvalue weighted by atomic mass is 9.77. The number of fused-ring (bicyclic) bond motifs is 1. The van der Waals surface area contributed by atoms with Gasteiger partial charge in [-0.15, -0.1) is 0 Å². The molecular formula is C35H42N2O7. The molecule has 9 heteroatoms. The second kappa shape index (κ2) is 13.2. The van der Waals surface area contributed by atoms with Gasteiger partial charge in [-0.1, -0.05) is 51.1 Å². The highest BCUT2D eigenvalue weighted by molar-refractivity contribution is 5.90. The van der Waals surface area contributed by atoms with Crippen LogP contribution in [0.25, 0.3) is 22.2 Å². The number of amides is 1. The number of rotatable bonds is 9. The van der Waals surface area contributed by atoms with E-state index in [1.165, 1.54) is 12.0 Å². The van der Waals surface area contributed by atoms with Gasteiger partial charge in [0, 0.05) is 29.5 Å². The number of carbonyl (C=O) groups excluding carboxylic acids is 3. The number of pyridine rings is 1. The molecule has 2 heterocycles. The number of benzene rings is 2. The highest BCUT2D eigenvalue weighted by atomic mass is 16.5. The summed E-state index contributed by atoms with van der Waals surface area (Å²) < 4.78 is 22.9. The molecule has 1 aliphatic heterocycles. The number of esters is 2. The standard InChI is InChI=1S/C35H42N2O7/c1-35(2,3)27(19-32(38)44-23-13-9-10-14-23)33(39)37-21-25(18-30(37)34(40)42-5)43-31-20-28(22-11-7-6-8-12-22)36-29-17-24(41-4)15-16-26(29)31/h6-8,11-12,15-17,20,23,25,27,30H,9-10,13-14,18-19,21H2,1-5H3/t25-,27-,30+/m1/s1. The molecular weight excluding hydrogens is 560 g/mol. The van der Waals surface area contributed by atoms with Crippen molar-refractivity contribution >= 4 is 28.7 Å². The van der Waals surface area contributed by atoms with Gasteiger partial charge < -0.3 is 23.8 Å². The van der Waals surface area contributed by atoms with Gasteiger partial charge in [-0.05, 0) is 43.2 Å². The zero-order valence-corrected chi connectivity index (χ0v) is 26.2. The lowest BCUT2D eigenvalue weighted by Crippen LogP contribution is -2.47. The number of hydrogen-bond acceptors (Lipinski definition) is 8. The molecule has 0 radical (unpaired) electrons. The Labute approximate surface area is 258 Å². The van der Waals surface area contributed by atoms with Crippen LogP contribution in [0.1, 0.15) is 59.3 Å². The summed E-state index contributed by atoms with van der Waals surface area (Å²) in [5.74, 6) is -0.590. The van der Waals surface area contributed by atoms with E-state index in [0.717, 1.165) is 42.3 Å². The van der Waals surface area contributed by atoms with E-state index in [4.69, 9.17) is 23.9 Å². The topological polar surface area (TPSA) is 104 Å². The van der Waals surface area contributed by atoms with Gasteiger partial charge in [0.25, 0.3) is 0 Å². The first kappa shape index (κ1) is 31.3. The summed E-state index contributed by atoms with van der Waals surface area (Å²) in [6, 6.07) is 16.4. The molecule has 0 spiro atoms. The van der Waals surface area contributed by atoms with Crippen LogP contribution in [-0.4, -0.2) is 66.7 Å². The van der Waals surface area contributed by atoms with Crippen LogP contribution in [0.15, 0.2) is 54.6 Å². The Kier molecular flexibility index (Phi) is 9.42. The average molecular weight is 603 g/mol. The number of hydrogen-bond donors (Lipinski definition) is 0. The summed E-state index contributed by atoms with van der Waals surface area (Å²) in [6.07, 6.45) is 3.43. The van der Waals surface area contributed by atoms with Crippen LogP contribution in [0, 0.1) is 11.3 Å². The molecule has 1 aromatic heterocycles. The lowest BCUT2D eigenvalue weighted by molar-refractivity contribution is -0.158. The minimum atomic E-state index is -0.838. The number of likely N-dealkylation sites (tertiary alicyclic amines) is 1. The predicted octanol–water partition coefficient (Wildman–Crippen LogP) is 5.97. The minimum absolute atomic E-state index is 0.0496. The van der Waals surface area contributed by atoms with Crippen molar-refractivity contribution in [2.24, 2.45) is 11.3 Å². The van der Waals surface area contributed by atoms with E-state index in [2.05, 4.69) is 0 Å². The zero-order chi connectivity index (χ0) is 31.4. The maximum Gasteiger partial charge on any atom is 0.328 e. The molecule has 1 saturated heterocycles. The van der Waals surface area contributed by atoms with E-state index in [0.29, 0.717) is 17.0 Å². The van der Waals surface area contributed by atoms with Gasteiger partial charge in [0.05, 0.1) is 44.3 Å². The first-order valence-electron chi connectivity index (χ1n) is 15.4. The van der Waals surface area contributed by atoms with Crippen LogP contribution < -0.4 is 9.47 Å². The normalized spacial score (nSPS) is 19.5. The molecule has 1 saturated carbocycles. The Hall–Kier alpha value is -4.14. The summed E-state index contributed by atoms with van der Waals surface area (Å²) in [5.41, 5.74) is 1.81. The molecule has 3 atom stereocenters. The van der Waals surface area contributed by atoms with Crippen LogP contribution in [0.5, 0.6) is 11.5 Å². The molecule has 0 unspecified atom stereocenters. The van der Waals surface area contributed by atoms with E-state index in [1.807, 2.05) is 75.4 Å². The van der Waals surface area contributed by atoms with E-state index >= 15 is 0 Å². The Morgan fingerprint density at radius 1 is 0.977 bits per heavy atom. The van der Waals surface area contributed by atoms with E-state index in [-0.39, 0.29) is 37.4 Å². The van der Waals surface area contributed by atoms with Crippen molar-refractivity contribution in [3.63, 3.8) is 0 Å². The third kappa shape index (κ3) is 6.98. The zero-order valence-electron chi connectivity index (χ0n) is 26.2. The Morgan fingerprint density at radius 2 is 1.70 bits per heavy atom. The van der Waals surface area contributed by atoms with Gasteiger partial charge in [0.15, 0.2) is 0 Å². The van der Waals surface area contributed by atoms with E-state index < -0.39 is 29.4 Å². The van der Waals surface area contributed by atoms with Crippen molar-refractivity contribution in [2.75, 3.05) is 20.8 Å². The Morgan fingerprint density at radius 3 is 2.36 bits per heavy atom. The number of nitrogens with zero attached hydrogens (tertiary/aromatic N) is 2. The van der Waals surface area contributed by atoms with Gasteiger partial charge in [-0.25, -0.2) is 9.78 Å². The molecule has 234 valence electrons. The fourth-order valence-electron chi connectivity index (χ4n) is 6.19.